The van der Waals surface area contributed by atoms with Gasteiger partial charge in [-0.2, -0.15) is 0 Å². The second-order valence-corrected chi connectivity index (χ2v) is 18.4. The van der Waals surface area contributed by atoms with Gasteiger partial charge in [0.25, 0.3) is 0 Å². The first-order valence-corrected chi connectivity index (χ1v) is 28.4. The van der Waals surface area contributed by atoms with Gasteiger partial charge in [-0.15, -0.1) is 0 Å². The Morgan fingerprint density at radius 3 is 0.986 bits per heavy atom. The molecule has 0 saturated carbocycles. The summed E-state index contributed by atoms with van der Waals surface area (Å²) >= 11 is 0. The molecule has 0 aliphatic heterocycles. The number of ether oxygens (including phenoxy) is 3. The molecular formula is C63H104O6. The van der Waals surface area contributed by atoms with Gasteiger partial charge < -0.3 is 14.2 Å². The Kier molecular flexibility index (Phi) is 53.4. The van der Waals surface area contributed by atoms with E-state index < -0.39 is 12.1 Å². The fourth-order valence-electron chi connectivity index (χ4n) is 7.59. The first-order chi connectivity index (χ1) is 34.0. The quantitative estimate of drug-likeness (QED) is 0.0262. The Balaban J connectivity index is 4.42. The van der Waals surface area contributed by atoms with Crippen LogP contribution in [-0.2, 0) is 28.6 Å². The van der Waals surface area contributed by atoms with Gasteiger partial charge in [-0.05, 0) is 103 Å². The molecule has 0 saturated heterocycles. The van der Waals surface area contributed by atoms with Gasteiger partial charge in [0.2, 0.25) is 0 Å². The Morgan fingerprint density at radius 1 is 0.319 bits per heavy atom. The third-order valence-corrected chi connectivity index (χ3v) is 11.8. The van der Waals surface area contributed by atoms with E-state index in [9.17, 15) is 14.4 Å². The zero-order valence-electron chi connectivity index (χ0n) is 44.8. The maximum absolute atomic E-state index is 12.8. The highest BCUT2D eigenvalue weighted by atomic mass is 16.6. The van der Waals surface area contributed by atoms with Gasteiger partial charge in [-0.3, -0.25) is 14.4 Å². The van der Waals surface area contributed by atoms with Crippen LogP contribution >= 0.6 is 0 Å². The minimum atomic E-state index is -0.846. The molecule has 0 bridgehead atoms. The average molecular weight is 958 g/mol. The Hall–Kier alpha value is -3.93. The highest BCUT2D eigenvalue weighted by Gasteiger charge is 2.19. The molecule has 392 valence electrons. The smallest absolute Gasteiger partial charge is 0.310 e. The van der Waals surface area contributed by atoms with E-state index in [0.29, 0.717) is 19.3 Å². The first-order valence-electron chi connectivity index (χ1n) is 28.4. The van der Waals surface area contributed by atoms with Crippen LogP contribution in [0.1, 0.15) is 252 Å². The van der Waals surface area contributed by atoms with Gasteiger partial charge in [0.05, 0.1) is 6.42 Å². The van der Waals surface area contributed by atoms with Crippen molar-refractivity contribution in [1.82, 2.24) is 0 Å². The second kappa shape index (κ2) is 56.7. The molecule has 0 fully saturated rings. The van der Waals surface area contributed by atoms with Gasteiger partial charge in [0, 0.05) is 12.8 Å². The summed E-state index contributed by atoms with van der Waals surface area (Å²) in [5.41, 5.74) is 0. The summed E-state index contributed by atoms with van der Waals surface area (Å²) < 4.78 is 16.7. The third-order valence-electron chi connectivity index (χ3n) is 11.8. The molecule has 1 unspecified atom stereocenters. The number of carbonyl (C=O) groups is 3. The number of unbranched alkanes of at least 4 members (excludes halogenated alkanes) is 22. The van der Waals surface area contributed by atoms with Crippen molar-refractivity contribution in [2.75, 3.05) is 13.2 Å². The molecule has 0 spiro atoms. The standard InChI is InChI=1S/C63H104O6/c1-4-7-10-13-16-19-22-25-27-28-29-30-31-32-33-34-36-38-41-44-47-50-53-56-62(65)68-59-60(58-67-61(64)55-52-49-46-43-40-37-24-21-18-15-12-9-6-3)69-63(66)57-54-51-48-45-42-39-35-26-23-20-17-14-11-8-5-2/h8-9,11-12,17-18,20-21,26,28-29,35,37,40,42,45,51,54,60H,4-7,10,13-16,19,22-25,27,30-34,36,38-39,41,43-44,46-50,52-53,55-59H2,1-3H3/b11-8-,12-9-,20-17-,21-18-,29-28-,35-26-,40-37-,45-42-,54-51-. The summed E-state index contributed by atoms with van der Waals surface area (Å²) in [4.78, 5) is 38.0. The van der Waals surface area contributed by atoms with Crippen molar-refractivity contribution >= 4 is 17.9 Å². The fraction of sp³-hybridized carbons (Fsp3) is 0.667. The molecule has 6 heteroatoms. The van der Waals surface area contributed by atoms with Crippen LogP contribution in [0.25, 0.3) is 0 Å². The van der Waals surface area contributed by atoms with E-state index >= 15 is 0 Å². The monoisotopic (exact) mass is 957 g/mol. The van der Waals surface area contributed by atoms with Crippen molar-refractivity contribution in [1.29, 1.82) is 0 Å². The number of esters is 3. The van der Waals surface area contributed by atoms with E-state index in [1.54, 1.807) is 6.08 Å². The largest absolute Gasteiger partial charge is 0.462 e. The van der Waals surface area contributed by atoms with E-state index in [1.165, 1.54) is 116 Å². The van der Waals surface area contributed by atoms with Crippen molar-refractivity contribution in [3.05, 3.63) is 109 Å². The lowest BCUT2D eigenvalue weighted by Gasteiger charge is -2.18. The van der Waals surface area contributed by atoms with Gasteiger partial charge in [-0.25, -0.2) is 0 Å². The first kappa shape index (κ1) is 65.1. The number of hydrogen-bond donors (Lipinski definition) is 0. The van der Waals surface area contributed by atoms with Gasteiger partial charge in [0.15, 0.2) is 6.10 Å². The summed E-state index contributed by atoms with van der Waals surface area (Å²) in [5, 5.41) is 0. The molecule has 0 rings (SSSR count). The number of carbonyl (C=O) groups excluding carboxylic acids is 3. The van der Waals surface area contributed by atoms with Crippen LogP contribution in [-0.4, -0.2) is 37.2 Å². The molecule has 0 radical (unpaired) electrons. The van der Waals surface area contributed by atoms with Gasteiger partial charge in [-0.1, -0.05) is 239 Å². The van der Waals surface area contributed by atoms with Crippen molar-refractivity contribution < 1.29 is 28.6 Å². The predicted molar refractivity (Wildman–Crippen MR) is 297 cm³/mol. The van der Waals surface area contributed by atoms with Crippen molar-refractivity contribution in [3.8, 4) is 0 Å². The number of rotatable bonds is 50. The zero-order valence-corrected chi connectivity index (χ0v) is 44.8. The molecule has 0 aliphatic rings. The summed E-state index contributed by atoms with van der Waals surface area (Å²) in [6, 6.07) is 0. The molecular weight excluding hydrogens is 853 g/mol. The predicted octanol–water partition coefficient (Wildman–Crippen LogP) is 19.1. The normalized spacial score (nSPS) is 12.9. The molecule has 0 N–H and O–H groups in total. The Labute approximate surface area is 425 Å². The fourth-order valence-corrected chi connectivity index (χ4v) is 7.59. The second-order valence-electron chi connectivity index (χ2n) is 18.4. The summed E-state index contributed by atoms with van der Waals surface area (Å²) in [5.74, 6) is -1.09. The summed E-state index contributed by atoms with van der Waals surface area (Å²) in [7, 11) is 0. The minimum Gasteiger partial charge on any atom is -0.462 e. The Bertz CT molecular complexity index is 1420. The molecule has 69 heavy (non-hydrogen) atoms. The van der Waals surface area contributed by atoms with Crippen LogP contribution in [0.5, 0.6) is 0 Å². The van der Waals surface area contributed by atoms with E-state index in [4.69, 9.17) is 14.2 Å². The number of hydrogen-bond acceptors (Lipinski definition) is 6. The average Bonchev–Trinajstić information content (AvgIpc) is 3.35. The summed E-state index contributed by atoms with van der Waals surface area (Å²) in [6.45, 7) is 6.30. The van der Waals surface area contributed by atoms with Crippen LogP contribution in [0.2, 0.25) is 0 Å². The minimum absolute atomic E-state index is 0.0876. The third kappa shape index (κ3) is 54.9. The SMILES string of the molecule is CC/C=C\C/C=C\C/C=C\C/C=C\C/C=C\CC(=O)OC(COC(=O)CCCCC/C=C\C/C=C\C/C=C\CC)COC(=O)CCCCCCCCCCCCC/C=C\CCCCCCCCCC. The molecule has 0 amide bonds. The molecule has 0 aliphatic carbocycles. The van der Waals surface area contributed by atoms with Crippen molar-refractivity contribution in [2.24, 2.45) is 0 Å². The molecule has 1 atom stereocenters. The van der Waals surface area contributed by atoms with Crippen LogP contribution in [0.3, 0.4) is 0 Å². The molecule has 0 heterocycles. The molecule has 0 aromatic rings. The molecule has 6 nitrogen and oxygen atoms in total. The van der Waals surface area contributed by atoms with Crippen LogP contribution < -0.4 is 0 Å². The van der Waals surface area contributed by atoms with Crippen molar-refractivity contribution in [2.45, 2.75) is 258 Å². The van der Waals surface area contributed by atoms with Crippen LogP contribution in [0.4, 0.5) is 0 Å². The van der Waals surface area contributed by atoms with Crippen LogP contribution in [0.15, 0.2) is 109 Å². The lowest BCUT2D eigenvalue weighted by atomic mass is 10.0. The lowest BCUT2D eigenvalue weighted by molar-refractivity contribution is -0.166. The van der Waals surface area contributed by atoms with Crippen molar-refractivity contribution in [3.63, 3.8) is 0 Å². The van der Waals surface area contributed by atoms with E-state index in [0.717, 1.165) is 89.9 Å². The maximum atomic E-state index is 12.8. The topological polar surface area (TPSA) is 78.9 Å². The Morgan fingerprint density at radius 2 is 0.609 bits per heavy atom. The number of allylic oxidation sites excluding steroid dienone is 17. The lowest BCUT2D eigenvalue weighted by Crippen LogP contribution is -2.30. The van der Waals surface area contributed by atoms with Crippen LogP contribution in [0, 0.1) is 0 Å². The highest BCUT2D eigenvalue weighted by Crippen LogP contribution is 2.15. The summed E-state index contributed by atoms with van der Waals surface area (Å²) in [6.07, 6.45) is 76.9. The van der Waals surface area contributed by atoms with E-state index in [1.807, 2.05) is 6.08 Å². The molecule has 0 aromatic carbocycles. The molecule has 0 aromatic heterocycles. The zero-order chi connectivity index (χ0) is 50.0. The van der Waals surface area contributed by atoms with E-state index in [-0.39, 0.29) is 31.6 Å². The van der Waals surface area contributed by atoms with Gasteiger partial charge >= 0.3 is 17.9 Å². The highest BCUT2D eigenvalue weighted by molar-refractivity contribution is 5.72. The van der Waals surface area contributed by atoms with E-state index in [2.05, 4.69) is 118 Å². The maximum Gasteiger partial charge on any atom is 0.310 e. The van der Waals surface area contributed by atoms with Gasteiger partial charge in [0.1, 0.15) is 13.2 Å².